The molecule has 1 aromatic rings. The zero-order valence-electron chi connectivity index (χ0n) is 8.28. The second kappa shape index (κ2) is 3.73. The molecule has 1 aromatic heterocycles. The molecule has 0 radical (unpaired) electrons. The van der Waals surface area contributed by atoms with Crippen LogP contribution in [0.25, 0.3) is 0 Å². The second-order valence-corrected chi connectivity index (χ2v) is 8.93. The number of carbonyl (C=O) groups excluding carboxylic acids is 1. The van der Waals surface area contributed by atoms with E-state index in [1.807, 2.05) is 0 Å². The maximum absolute atomic E-state index is 11.5. The highest BCUT2D eigenvalue weighted by molar-refractivity contribution is 8.43. The molecule has 84 valence electrons. The molecule has 0 saturated carbocycles. The molecule has 0 bridgehead atoms. The van der Waals surface area contributed by atoms with Crippen LogP contribution < -0.4 is 4.06 Å². The van der Waals surface area contributed by atoms with Gasteiger partial charge in [0.2, 0.25) is 0 Å². The first-order chi connectivity index (χ1) is 7.59. The Balaban J connectivity index is 2.01. The van der Waals surface area contributed by atoms with Crippen LogP contribution in [0.2, 0.25) is 0 Å². The minimum atomic E-state index is -0.126. The number of carbonyl (C=O) groups is 1. The summed E-state index contributed by atoms with van der Waals surface area (Å²) in [7, 11) is 0. The van der Waals surface area contributed by atoms with Crippen molar-refractivity contribution in [1.82, 2.24) is 0 Å². The number of hydrogen-bond acceptors (Lipinski definition) is 6. The van der Waals surface area contributed by atoms with Crippen molar-refractivity contribution < 1.29 is 4.79 Å². The van der Waals surface area contributed by atoms with E-state index >= 15 is 0 Å². The normalized spacial score (nSPS) is 28.8. The lowest BCUT2D eigenvalue weighted by molar-refractivity contribution is 0.276. The molecule has 1 fully saturated rings. The first kappa shape index (κ1) is 11.1. The molecule has 2 aliphatic rings. The van der Waals surface area contributed by atoms with E-state index in [0.717, 1.165) is 24.2 Å². The Morgan fingerprint density at radius 3 is 2.62 bits per heavy atom. The predicted molar refractivity (Wildman–Crippen MR) is 72.9 cm³/mol. The molecule has 0 amide bonds. The Kier molecular flexibility index (Phi) is 2.58. The summed E-state index contributed by atoms with van der Waals surface area (Å²) in [5, 5.41) is 0. The maximum atomic E-state index is 11.5. The summed E-state index contributed by atoms with van der Waals surface area (Å²) in [5.41, 5.74) is 0. The summed E-state index contributed by atoms with van der Waals surface area (Å²) >= 11 is 5.38. The minimum absolute atomic E-state index is 0.126. The van der Waals surface area contributed by atoms with E-state index < -0.39 is 0 Å². The van der Waals surface area contributed by atoms with E-state index in [-0.39, 0.29) is 13.3 Å². The van der Waals surface area contributed by atoms with Crippen LogP contribution in [0, 0.1) is 0 Å². The molecule has 1 saturated heterocycles. The van der Waals surface area contributed by atoms with Gasteiger partial charge in [0.1, 0.15) is 0 Å². The summed E-state index contributed by atoms with van der Waals surface area (Å²) in [6, 6.07) is 0. The number of hydrogen-bond donors (Lipinski definition) is 0. The Hall–Kier alpha value is -0.0400. The molecule has 2 heterocycles. The van der Waals surface area contributed by atoms with Crippen molar-refractivity contribution in [1.29, 1.82) is 0 Å². The van der Waals surface area contributed by atoms with Crippen molar-refractivity contribution in [2.24, 2.45) is 0 Å². The SMILES string of the molecule is C=C1SC(=O)S[C@@]12CCc1sc(=O)sc1C2. The average Bonchev–Trinajstić information content (AvgIpc) is 2.67. The zero-order chi connectivity index (χ0) is 11.3. The quantitative estimate of drug-likeness (QED) is 0.731. The van der Waals surface area contributed by atoms with Gasteiger partial charge in [0.25, 0.3) is 8.50 Å². The number of aryl methyl sites for hydroxylation is 1. The van der Waals surface area contributed by atoms with Gasteiger partial charge in [-0.25, -0.2) is 0 Å². The highest BCUT2D eigenvalue weighted by Crippen LogP contribution is 2.56. The predicted octanol–water partition coefficient (Wildman–Crippen LogP) is 3.51. The number of rotatable bonds is 0. The van der Waals surface area contributed by atoms with Crippen molar-refractivity contribution in [3.8, 4) is 0 Å². The van der Waals surface area contributed by atoms with Crippen molar-refractivity contribution in [3.63, 3.8) is 0 Å². The molecule has 1 spiro atoms. The van der Waals surface area contributed by atoms with Gasteiger partial charge in [0.05, 0.1) is 4.75 Å². The Labute approximate surface area is 109 Å². The van der Waals surface area contributed by atoms with Gasteiger partial charge in [0, 0.05) is 21.1 Å². The van der Waals surface area contributed by atoms with E-state index in [9.17, 15) is 9.59 Å². The third kappa shape index (κ3) is 1.63. The summed E-state index contributed by atoms with van der Waals surface area (Å²) in [4.78, 5) is 26.2. The molecule has 3 rings (SSSR count). The fourth-order valence-electron chi connectivity index (χ4n) is 2.08. The fourth-order valence-corrected chi connectivity index (χ4v) is 7.13. The lowest BCUT2D eigenvalue weighted by Crippen LogP contribution is -2.30. The van der Waals surface area contributed by atoms with Crippen LogP contribution in [-0.4, -0.2) is 9.19 Å². The Morgan fingerprint density at radius 1 is 1.19 bits per heavy atom. The maximum Gasteiger partial charge on any atom is 0.287 e. The molecule has 6 heteroatoms. The summed E-state index contributed by atoms with van der Waals surface area (Å²) in [6.45, 7) is 4.01. The molecule has 0 unspecified atom stereocenters. The second-order valence-electron chi connectivity index (χ2n) is 3.85. The molecule has 0 aromatic carbocycles. The third-order valence-electron chi connectivity index (χ3n) is 2.92. The lowest BCUT2D eigenvalue weighted by atomic mass is 9.91. The Bertz CT molecular complexity index is 541. The largest absolute Gasteiger partial charge is 0.287 e. The highest BCUT2D eigenvalue weighted by Gasteiger charge is 2.46. The topological polar surface area (TPSA) is 34.1 Å². The summed E-state index contributed by atoms with van der Waals surface area (Å²) in [5.74, 6) is 0. The Morgan fingerprint density at radius 2 is 1.94 bits per heavy atom. The molecule has 2 nitrogen and oxygen atoms in total. The van der Waals surface area contributed by atoms with Crippen molar-refractivity contribution in [3.05, 3.63) is 30.1 Å². The van der Waals surface area contributed by atoms with E-state index in [1.165, 1.54) is 56.0 Å². The highest BCUT2D eigenvalue weighted by atomic mass is 32.2. The van der Waals surface area contributed by atoms with Gasteiger partial charge in [-0.15, -0.1) is 0 Å². The van der Waals surface area contributed by atoms with Gasteiger partial charge >= 0.3 is 0 Å². The smallest absolute Gasteiger partial charge is 0.274 e. The lowest BCUT2D eigenvalue weighted by Gasteiger charge is -2.31. The van der Waals surface area contributed by atoms with Crippen LogP contribution in [0.1, 0.15) is 16.2 Å². The molecular formula is C10H8O2S4. The average molecular weight is 288 g/mol. The van der Waals surface area contributed by atoms with Gasteiger partial charge in [-0.2, -0.15) is 0 Å². The molecular weight excluding hydrogens is 280 g/mol. The molecule has 1 aliphatic heterocycles. The molecule has 0 N–H and O–H groups in total. The fraction of sp³-hybridized carbons (Fsp3) is 0.400. The number of fused-ring (bicyclic) bond motifs is 1. The van der Waals surface area contributed by atoms with Gasteiger partial charge in [-0.1, -0.05) is 41.0 Å². The zero-order valence-corrected chi connectivity index (χ0v) is 11.5. The van der Waals surface area contributed by atoms with Crippen LogP contribution in [0.4, 0.5) is 4.79 Å². The monoisotopic (exact) mass is 288 g/mol. The van der Waals surface area contributed by atoms with Crippen LogP contribution in [0.5, 0.6) is 0 Å². The van der Waals surface area contributed by atoms with Crippen LogP contribution in [0.15, 0.2) is 16.3 Å². The van der Waals surface area contributed by atoms with E-state index in [0.29, 0.717) is 0 Å². The first-order valence-corrected chi connectivity index (χ1v) is 8.07. The van der Waals surface area contributed by atoms with Gasteiger partial charge in [0.15, 0.2) is 0 Å². The summed E-state index contributed by atoms with van der Waals surface area (Å²) < 4.78 is 0.198. The van der Waals surface area contributed by atoms with Crippen LogP contribution in [0.3, 0.4) is 0 Å². The van der Waals surface area contributed by atoms with Gasteiger partial charge in [-0.05, 0) is 24.6 Å². The first-order valence-electron chi connectivity index (χ1n) is 4.81. The third-order valence-corrected chi connectivity index (χ3v) is 7.80. The minimum Gasteiger partial charge on any atom is -0.274 e. The van der Waals surface area contributed by atoms with Crippen molar-refractivity contribution in [2.75, 3.05) is 0 Å². The molecule has 16 heavy (non-hydrogen) atoms. The molecule has 1 aliphatic carbocycles. The summed E-state index contributed by atoms with van der Waals surface area (Å²) in [6.07, 6.45) is 2.67. The van der Waals surface area contributed by atoms with Crippen LogP contribution in [-0.2, 0) is 12.8 Å². The molecule has 1 atom stereocenters. The van der Waals surface area contributed by atoms with E-state index in [4.69, 9.17) is 0 Å². The van der Waals surface area contributed by atoms with Crippen molar-refractivity contribution >= 4 is 50.6 Å². The van der Waals surface area contributed by atoms with E-state index in [1.54, 1.807) is 0 Å². The van der Waals surface area contributed by atoms with Gasteiger partial charge in [-0.3, -0.25) is 9.59 Å². The van der Waals surface area contributed by atoms with Crippen molar-refractivity contribution in [2.45, 2.75) is 24.0 Å². The van der Waals surface area contributed by atoms with Crippen LogP contribution >= 0.6 is 46.2 Å². The van der Waals surface area contributed by atoms with Gasteiger partial charge < -0.3 is 0 Å². The standard InChI is InChI=1S/C10H8O2S4/c1-5-10(16-9(12)13-5)3-2-6-7(4-10)15-8(11)14-6/h1-4H2/t10-/m1/s1. The van der Waals surface area contributed by atoms with E-state index in [2.05, 4.69) is 6.58 Å². The number of thioether (sulfide) groups is 2.